The van der Waals surface area contributed by atoms with E-state index in [0.29, 0.717) is 11.3 Å². The molecule has 0 bridgehead atoms. The summed E-state index contributed by atoms with van der Waals surface area (Å²) in [5.74, 6) is -0.490. The van der Waals surface area contributed by atoms with Crippen molar-refractivity contribution in [3.8, 4) is 11.8 Å². The number of piperidine rings is 1. The second-order valence-electron chi connectivity index (χ2n) is 5.99. The molecule has 1 heterocycles. The molecule has 2 rings (SSSR count). The van der Waals surface area contributed by atoms with Crippen LogP contribution in [0.25, 0.3) is 0 Å². The molecule has 1 aromatic rings. The zero-order valence-electron chi connectivity index (χ0n) is 14.0. The van der Waals surface area contributed by atoms with Crippen LogP contribution in [0.4, 0.5) is 0 Å². The Morgan fingerprint density at radius 1 is 1.21 bits per heavy atom. The number of amides is 1. The summed E-state index contributed by atoms with van der Waals surface area (Å²) >= 11 is 0. The fraction of sp³-hybridized carbons (Fsp3) is 0.500. The summed E-state index contributed by atoms with van der Waals surface area (Å²) in [7, 11) is 0. The molecule has 0 N–H and O–H groups in total. The predicted molar refractivity (Wildman–Crippen MR) is 87.2 cm³/mol. The maximum atomic E-state index is 12.3. The lowest BCUT2D eigenvalue weighted by atomic mass is 9.97. The zero-order chi connectivity index (χ0) is 17.5. The van der Waals surface area contributed by atoms with Crippen molar-refractivity contribution in [1.82, 2.24) is 4.90 Å². The van der Waals surface area contributed by atoms with E-state index in [1.54, 1.807) is 29.2 Å². The van der Waals surface area contributed by atoms with Crippen molar-refractivity contribution in [3.63, 3.8) is 0 Å². The molecule has 6 heteroatoms. The summed E-state index contributed by atoms with van der Waals surface area (Å²) in [5, 5.41) is 8.96. The molecule has 1 amide bonds. The highest BCUT2D eigenvalue weighted by atomic mass is 16.6. The van der Waals surface area contributed by atoms with E-state index in [1.165, 1.54) is 0 Å². The summed E-state index contributed by atoms with van der Waals surface area (Å²) in [4.78, 5) is 25.8. The van der Waals surface area contributed by atoms with Crippen LogP contribution in [0, 0.1) is 11.3 Å². The van der Waals surface area contributed by atoms with Gasteiger partial charge in [0.1, 0.15) is 11.8 Å². The van der Waals surface area contributed by atoms with E-state index in [-0.39, 0.29) is 31.2 Å². The predicted octanol–water partition coefficient (Wildman–Crippen LogP) is 2.27. The van der Waals surface area contributed by atoms with Gasteiger partial charge >= 0.3 is 5.97 Å². The Balaban J connectivity index is 1.80. The number of nitriles is 1. The lowest BCUT2D eigenvalue weighted by Gasteiger charge is -2.38. The monoisotopic (exact) mass is 330 g/mol. The van der Waals surface area contributed by atoms with Gasteiger partial charge in [-0.1, -0.05) is 12.1 Å². The molecule has 1 aromatic carbocycles. The third-order valence-electron chi connectivity index (χ3n) is 4.19. The van der Waals surface area contributed by atoms with Gasteiger partial charge in [-0.2, -0.15) is 5.26 Å². The number of hydrogen-bond acceptors (Lipinski definition) is 5. The molecule has 128 valence electrons. The normalized spacial score (nSPS) is 20.1. The summed E-state index contributed by atoms with van der Waals surface area (Å²) in [6.45, 7) is 3.41. The molecule has 1 aliphatic heterocycles. The van der Waals surface area contributed by atoms with E-state index in [2.05, 4.69) is 0 Å². The van der Waals surface area contributed by atoms with Gasteiger partial charge in [0.2, 0.25) is 0 Å². The molecular weight excluding hydrogens is 308 g/mol. The van der Waals surface area contributed by atoms with Crippen LogP contribution in [-0.2, 0) is 14.3 Å². The number of likely N-dealkylation sites (tertiary alicyclic amines) is 1. The zero-order valence-corrected chi connectivity index (χ0v) is 14.0. The Morgan fingerprint density at radius 2 is 1.88 bits per heavy atom. The summed E-state index contributed by atoms with van der Waals surface area (Å²) in [6, 6.07) is 8.95. The van der Waals surface area contributed by atoms with E-state index in [0.717, 1.165) is 19.3 Å². The molecule has 0 aromatic heterocycles. The second-order valence-corrected chi connectivity index (χ2v) is 5.99. The number of esters is 1. The average molecular weight is 330 g/mol. The molecule has 0 aliphatic carbocycles. The minimum Gasteiger partial charge on any atom is -0.481 e. The van der Waals surface area contributed by atoms with E-state index < -0.39 is 5.97 Å². The number of benzene rings is 1. The molecule has 24 heavy (non-hydrogen) atoms. The number of carbonyl (C=O) groups is 2. The number of para-hydroxylation sites is 1. The van der Waals surface area contributed by atoms with Gasteiger partial charge < -0.3 is 14.4 Å². The third-order valence-corrected chi connectivity index (χ3v) is 4.19. The first-order valence-corrected chi connectivity index (χ1v) is 8.11. The van der Waals surface area contributed by atoms with Crippen molar-refractivity contribution in [2.75, 3.05) is 13.2 Å². The standard InChI is InChI=1S/C18H22N2O4/c1-13-6-5-7-14(2)20(13)17(21)11-24-18(22)12-23-16-9-4-3-8-15(16)10-19/h3-4,8-9,13-14H,5-7,11-12H2,1-2H3/t13-,14-/m1/s1. The van der Waals surface area contributed by atoms with Gasteiger partial charge in [0.25, 0.3) is 5.91 Å². The van der Waals surface area contributed by atoms with Gasteiger partial charge in [-0.25, -0.2) is 4.79 Å². The Morgan fingerprint density at radius 3 is 2.54 bits per heavy atom. The highest BCUT2D eigenvalue weighted by Gasteiger charge is 2.29. The van der Waals surface area contributed by atoms with Crippen LogP contribution >= 0.6 is 0 Å². The molecule has 0 unspecified atom stereocenters. The number of rotatable bonds is 5. The van der Waals surface area contributed by atoms with E-state index in [4.69, 9.17) is 14.7 Å². The third kappa shape index (κ3) is 4.48. The largest absolute Gasteiger partial charge is 0.481 e. The summed E-state index contributed by atoms with van der Waals surface area (Å²) < 4.78 is 10.3. The molecule has 6 nitrogen and oxygen atoms in total. The first-order chi connectivity index (χ1) is 11.5. The Bertz CT molecular complexity index is 628. The maximum absolute atomic E-state index is 12.3. The van der Waals surface area contributed by atoms with Crippen LogP contribution in [0.15, 0.2) is 24.3 Å². The lowest BCUT2D eigenvalue weighted by Crippen LogP contribution is -2.49. The first kappa shape index (κ1) is 17.8. The number of hydrogen-bond donors (Lipinski definition) is 0. The van der Waals surface area contributed by atoms with Gasteiger partial charge in [0, 0.05) is 12.1 Å². The summed E-state index contributed by atoms with van der Waals surface area (Å²) in [6.07, 6.45) is 3.05. The van der Waals surface area contributed by atoms with Crippen molar-refractivity contribution in [1.29, 1.82) is 5.26 Å². The van der Waals surface area contributed by atoms with Crippen molar-refractivity contribution < 1.29 is 19.1 Å². The van der Waals surface area contributed by atoms with Crippen LogP contribution in [0.2, 0.25) is 0 Å². The fourth-order valence-corrected chi connectivity index (χ4v) is 2.99. The van der Waals surface area contributed by atoms with Crippen molar-refractivity contribution >= 4 is 11.9 Å². The quantitative estimate of drug-likeness (QED) is 0.774. The van der Waals surface area contributed by atoms with E-state index >= 15 is 0 Å². The van der Waals surface area contributed by atoms with Crippen molar-refractivity contribution in [3.05, 3.63) is 29.8 Å². The molecule has 1 aliphatic rings. The average Bonchev–Trinajstić information content (AvgIpc) is 2.58. The van der Waals surface area contributed by atoms with Crippen LogP contribution < -0.4 is 4.74 Å². The molecule has 2 atom stereocenters. The van der Waals surface area contributed by atoms with Gasteiger partial charge in [0.15, 0.2) is 13.2 Å². The minimum absolute atomic E-state index is 0.165. The fourth-order valence-electron chi connectivity index (χ4n) is 2.99. The second kappa shape index (κ2) is 8.34. The van der Waals surface area contributed by atoms with E-state index in [1.807, 2.05) is 19.9 Å². The van der Waals surface area contributed by atoms with Crippen LogP contribution in [0.5, 0.6) is 5.75 Å². The highest BCUT2D eigenvalue weighted by molar-refractivity contribution is 5.81. The Labute approximate surface area is 142 Å². The van der Waals surface area contributed by atoms with Crippen LogP contribution in [-0.4, -0.2) is 42.1 Å². The Kier molecular flexibility index (Phi) is 6.19. The molecule has 0 saturated carbocycles. The maximum Gasteiger partial charge on any atom is 0.344 e. The van der Waals surface area contributed by atoms with Gasteiger partial charge in [-0.05, 0) is 45.2 Å². The lowest BCUT2D eigenvalue weighted by molar-refractivity contribution is -0.156. The van der Waals surface area contributed by atoms with Gasteiger partial charge in [-0.3, -0.25) is 4.79 Å². The molecule has 1 fully saturated rings. The minimum atomic E-state index is -0.631. The highest BCUT2D eigenvalue weighted by Crippen LogP contribution is 2.22. The van der Waals surface area contributed by atoms with Crippen LogP contribution in [0.1, 0.15) is 38.7 Å². The number of nitrogens with zero attached hydrogens (tertiary/aromatic N) is 2. The SMILES string of the molecule is C[C@@H]1CCC[C@@H](C)N1C(=O)COC(=O)COc1ccccc1C#N. The molecule has 0 spiro atoms. The van der Waals surface area contributed by atoms with Crippen molar-refractivity contribution in [2.45, 2.75) is 45.2 Å². The molecule has 1 saturated heterocycles. The van der Waals surface area contributed by atoms with Crippen LogP contribution in [0.3, 0.4) is 0 Å². The number of carbonyl (C=O) groups excluding carboxylic acids is 2. The topological polar surface area (TPSA) is 79.6 Å². The first-order valence-electron chi connectivity index (χ1n) is 8.11. The van der Waals surface area contributed by atoms with Crippen molar-refractivity contribution in [2.24, 2.45) is 0 Å². The smallest absolute Gasteiger partial charge is 0.344 e. The summed E-state index contributed by atoms with van der Waals surface area (Å²) in [5.41, 5.74) is 0.345. The van der Waals surface area contributed by atoms with Gasteiger partial charge in [0.05, 0.1) is 5.56 Å². The van der Waals surface area contributed by atoms with Gasteiger partial charge in [-0.15, -0.1) is 0 Å². The Hall–Kier alpha value is -2.55. The number of ether oxygens (including phenoxy) is 2. The molecular formula is C18H22N2O4. The van der Waals surface area contributed by atoms with E-state index in [9.17, 15) is 9.59 Å². The molecule has 0 radical (unpaired) electrons.